The summed E-state index contributed by atoms with van der Waals surface area (Å²) in [5, 5.41) is 0. The molecule has 7 heteroatoms. The minimum atomic E-state index is -3.39. The first-order valence-corrected chi connectivity index (χ1v) is 8.42. The fourth-order valence-corrected chi connectivity index (χ4v) is 3.22. The maximum Gasteiger partial charge on any atom is 0.328 e. The summed E-state index contributed by atoms with van der Waals surface area (Å²) in [7, 11) is -3.39. The van der Waals surface area contributed by atoms with Crippen LogP contribution >= 0.6 is 0 Å². The van der Waals surface area contributed by atoms with Gasteiger partial charge in [-0.2, -0.15) is 0 Å². The number of ether oxygens (including phenoxy) is 1. The van der Waals surface area contributed by atoms with Crippen molar-refractivity contribution in [2.75, 3.05) is 24.3 Å². The van der Waals surface area contributed by atoms with Crippen LogP contribution in [0.3, 0.4) is 0 Å². The van der Waals surface area contributed by atoms with Crippen molar-refractivity contribution in [1.82, 2.24) is 4.98 Å². The highest BCUT2D eigenvalue weighted by Crippen LogP contribution is 2.29. The van der Waals surface area contributed by atoms with Crippen LogP contribution < -0.4 is 4.90 Å². The van der Waals surface area contributed by atoms with Gasteiger partial charge in [-0.05, 0) is 31.9 Å². The normalized spacial score (nSPS) is 19.1. The average molecular weight is 298 g/mol. The van der Waals surface area contributed by atoms with Gasteiger partial charge in [0.1, 0.15) is 16.8 Å². The Morgan fingerprint density at radius 2 is 2.30 bits per heavy atom. The molecule has 0 saturated carbocycles. The van der Waals surface area contributed by atoms with E-state index in [0.717, 1.165) is 12.7 Å². The van der Waals surface area contributed by atoms with E-state index < -0.39 is 15.9 Å². The Morgan fingerprint density at radius 1 is 1.55 bits per heavy atom. The molecule has 1 saturated heterocycles. The monoisotopic (exact) mass is 298 g/mol. The van der Waals surface area contributed by atoms with Gasteiger partial charge in [-0.3, -0.25) is 0 Å². The molecule has 1 aromatic heterocycles. The third-order valence-corrected chi connectivity index (χ3v) is 4.35. The summed E-state index contributed by atoms with van der Waals surface area (Å²) >= 11 is 0. The molecule has 1 aromatic rings. The molecule has 0 bridgehead atoms. The molecule has 1 fully saturated rings. The quantitative estimate of drug-likeness (QED) is 0.772. The van der Waals surface area contributed by atoms with Crippen molar-refractivity contribution in [2.45, 2.75) is 30.7 Å². The van der Waals surface area contributed by atoms with Crippen LogP contribution in [0.15, 0.2) is 23.2 Å². The first kappa shape index (κ1) is 14.8. The number of aromatic nitrogens is 1. The van der Waals surface area contributed by atoms with Gasteiger partial charge in [0.05, 0.1) is 6.61 Å². The van der Waals surface area contributed by atoms with Crippen molar-refractivity contribution in [1.29, 1.82) is 0 Å². The number of esters is 1. The fourth-order valence-electron chi connectivity index (χ4n) is 2.39. The molecule has 0 spiro atoms. The topological polar surface area (TPSA) is 76.6 Å². The summed E-state index contributed by atoms with van der Waals surface area (Å²) in [5.41, 5.74) is 0. The highest BCUT2D eigenvalue weighted by molar-refractivity contribution is 7.90. The minimum Gasteiger partial charge on any atom is -0.464 e. The van der Waals surface area contributed by atoms with E-state index in [1.54, 1.807) is 17.9 Å². The van der Waals surface area contributed by atoms with Crippen molar-refractivity contribution in [3.05, 3.63) is 18.3 Å². The number of rotatable bonds is 4. The number of anilines is 1. The molecular formula is C13H18N2O4S. The lowest BCUT2D eigenvalue weighted by atomic mass is 10.2. The average Bonchev–Trinajstić information content (AvgIpc) is 2.87. The van der Waals surface area contributed by atoms with Crippen molar-refractivity contribution in [3.8, 4) is 0 Å². The van der Waals surface area contributed by atoms with Crippen LogP contribution in [0.1, 0.15) is 19.8 Å². The highest BCUT2D eigenvalue weighted by Gasteiger charge is 2.35. The maximum atomic E-state index is 11.9. The van der Waals surface area contributed by atoms with Gasteiger partial charge in [0, 0.05) is 19.0 Å². The number of carbonyl (C=O) groups excluding carboxylic acids is 1. The van der Waals surface area contributed by atoms with Gasteiger partial charge in [0.2, 0.25) is 0 Å². The summed E-state index contributed by atoms with van der Waals surface area (Å²) in [6, 6.07) is 2.64. The van der Waals surface area contributed by atoms with Crippen molar-refractivity contribution in [2.24, 2.45) is 0 Å². The van der Waals surface area contributed by atoms with Crippen LogP contribution in [0.5, 0.6) is 0 Å². The van der Waals surface area contributed by atoms with Crippen LogP contribution in [-0.2, 0) is 19.4 Å². The van der Waals surface area contributed by atoms with Gasteiger partial charge in [-0.1, -0.05) is 0 Å². The number of hydrogen-bond donors (Lipinski definition) is 0. The zero-order valence-electron chi connectivity index (χ0n) is 11.6. The van der Waals surface area contributed by atoms with Crippen molar-refractivity contribution < 1.29 is 17.9 Å². The largest absolute Gasteiger partial charge is 0.464 e. The summed E-state index contributed by atoms with van der Waals surface area (Å²) in [6.07, 6.45) is 4.13. The van der Waals surface area contributed by atoms with E-state index in [-0.39, 0.29) is 10.9 Å². The lowest BCUT2D eigenvalue weighted by Gasteiger charge is -2.25. The van der Waals surface area contributed by atoms with Crippen molar-refractivity contribution >= 4 is 21.6 Å². The van der Waals surface area contributed by atoms with Crippen LogP contribution in [0.2, 0.25) is 0 Å². The zero-order valence-corrected chi connectivity index (χ0v) is 12.4. The molecule has 110 valence electrons. The maximum absolute atomic E-state index is 11.9. The molecule has 1 aliphatic heterocycles. The van der Waals surface area contributed by atoms with Gasteiger partial charge >= 0.3 is 5.97 Å². The Labute approximate surface area is 118 Å². The molecule has 1 unspecified atom stereocenters. The number of hydrogen-bond acceptors (Lipinski definition) is 6. The van der Waals surface area contributed by atoms with E-state index in [1.165, 1.54) is 12.3 Å². The Hall–Kier alpha value is -1.63. The Morgan fingerprint density at radius 3 is 2.95 bits per heavy atom. The predicted octanol–water partition coefficient (Wildman–Crippen LogP) is 1.02. The number of carbonyl (C=O) groups is 1. The van der Waals surface area contributed by atoms with Gasteiger partial charge in [0.15, 0.2) is 9.84 Å². The molecule has 2 heterocycles. The molecule has 0 aliphatic carbocycles. The van der Waals surface area contributed by atoms with E-state index in [2.05, 4.69) is 4.98 Å². The van der Waals surface area contributed by atoms with E-state index in [4.69, 9.17) is 4.74 Å². The van der Waals surface area contributed by atoms with E-state index in [9.17, 15) is 13.2 Å². The second-order valence-electron chi connectivity index (χ2n) is 4.70. The standard InChI is InChI=1S/C13H18N2O4S/c1-3-19-13(16)10-6-5-9-15(10)12-11(20(2,17)18)7-4-8-14-12/h4,7-8,10H,3,5-6,9H2,1-2H3. The number of pyridine rings is 1. The summed E-state index contributed by atoms with van der Waals surface area (Å²) in [6.45, 7) is 2.66. The zero-order chi connectivity index (χ0) is 14.8. The molecule has 1 atom stereocenters. The minimum absolute atomic E-state index is 0.149. The smallest absolute Gasteiger partial charge is 0.328 e. The van der Waals surface area contributed by atoms with Crippen LogP contribution in [0.4, 0.5) is 5.82 Å². The molecular weight excluding hydrogens is 280 g/mol. The molecule has 20 heavy (non-hydrogen) atoms. The van der Waals surface area contributed by atoms with E-state index in [1.807, 2.05) is 0 Å². The first-order chi connectivity index (χ1) is 9.45. The highest BCUT2D eigenvalue weighted by atomic mass is 32.2. The summed E-state index contributed by atoms with van der Waals surface area (Å²) < 4.78 is 28.7. The molecule has 0 radical (unpaired) electrons. The van der Waals surface area contributed by atoms with E-state index in [0.29, 0.717) is 25.4 Å². The molecule has 0 N–H and O–H groups in total. The van der Waals surface area contributed by atoms with Gasteiger partial charge < -0.3 is 9.64 Å². The third kappa shape index (κ3) is 2.92. The van der Waals surface area contributed by atoms with Crippen molar-refractivity contribution in [3.63, 3.8) is 0 Å². The van der Waals surface area contributed by atoms with Crippen LogP contribution in [0.25, 0.3) is 0 Å². The van der Waals surface area contributed by atoms with Crippen LogP contribution in [0, 0.1) is 0 Å². The molecule has 0 aromatic carbocycles. The van der Waals surface area contributed by atoms with Crippen LogP contribution in [-0.4, -0.2) is 44.8 Å². The second kappa shape index (κ2) is 5.78. The lowest BCUT2D eigenvalue weighted by Crippen LogP contribution is -2.38. The van der Waals surface area contributed by atoms with E-state index >= 15 is 0 Å². The molecule has 6 nitrogen and oxygen atoms in total. The van der Waals surface area contributed by atoms with Gasteiger partial charge in [0.25, 0.3) is 0 Å². The second-order valence-corrected chi connectivity index (χ2v) is 6.68. The van der Waals surface area contributed by atoms with Gasteiger partial charge in [-0.15, -0.1) is 0 Å². The Balaban J connectivity index is 2.38. The molecule has 0 amide bonds. The molecule has 1 aliphatic rings. The van der Waals surface area contributed by atoms with Gasteiger partial charge in [-0.25, -0.2) is 18.2 Å². The summed E-state index contributed by atoms with van der Waals surface area (Å²) in [4.78, 5) is 18.0. The lowest BCUT2D eigenvalue weighted by molar-refractivity contribution is -0.144. The Kier molecular flexibility index (Phi) is 4.27. The SMILES string of the molecule is CCOC(=O)C1CCCN1c1ncccc1S(C)(=O)=O. The third-order valence-electron chi connectivity index (χ3n) is 3.23. The predicted molar refractivity (Wildman–Crippen MR) is 74.3 cm³/mol. The Bertz CT molecular complexity index is 600. The molecule has 2 rings (SSSR count). The first-order valence-electron chi connectivity index (χ1n) is 6.53. The number of sulfone groups is 1. The summed E-state index contributed by atoms with van der Waals surface area (Å²) in [5.74, 6) is 0.0145. The fraction of sp³-hybridized carbons (Fsp3) is 0.538. The number of nitrogens with zero attached hydrogens (tertiary/aromatic N) is 2.